The van der Waals surface area contributed by atoms with Gasteiger partial charge >= 0.3 is 12.2 Å². The van der Waals surface area contributed by atoms with Gasteiger partial charge in [-0.3, -0.25) is 4.90 Å². The van der Waals surface area contributed by atoms with Gasteiger partial charge in [-0.25, -0.2) is 14.8 Å². The number of morpholine rings is 1. The Morgan fingerprint density at radius 2 is 1.74 bits per heavy atom. The zero-order chi connectivity index (χ0) is 30.4. The molecule has 5 rings (SSSR count). The molecular formula is C29H28ClF3N6O4. The summed E-state index contributed by atoms with van der Waals surface area (Å²) in [5.74, 6) is 1.22. The number of nitrogens with two attached hydrogens (primary N) is 1. The van der Waals surface area contributed by atoms with Crippen LogP contribution in [0.3, 0.4) is 0 Å². The number of nitrogens with one attached hydrogen (secondary N) is 2. The van der Waals surface area contributed by atoms with Gasteiger partial charge in [0.05, 0.1) is 47.0 Å². The quantitative estimate of drug-likeness (QED) is 0.145. The smallest absolute Gasteiger partial charge is 0.417 e. The summed E-state index contributed by atoms with van der Waals surface area (Å²) in [6.07, 6.45) is -2.43. The summed E-state index contributed by atoms with van der Waals surface area (Å²) in [4.78, 5) is 23.2. The molecule has 4 N–H and O–H groups in total. The van der Waals surface area contributed by atoms with E-state index in [-0.39, 0.29) is 11.6 Å². The van der Waals surface area contributed by atoms with E-state index in [0.717, 1.165) is 51.4 Å². The van der Waals surface area contributed by atoms with Crippen LogP contribution in [0, 0.1) is 0 Å². The Hall–Kier alpha value is -4.33. The molecule has 0 saturated carbocycles. The SMILES string of the molecule is Nc1cc2c(Oc3ccc(NC(=O)Nc4ccc(Cl)c(C(F)(F)F)c4)cc3)ncnc2cc1OCCCN1CCOCC1. The second kappa shape index (κ2) is 13.3. The van der Waals surface area contributed by atoms with Crippen LogP contribution in [0.2, 0.25) is 5.02 Å². The van der Waals surface area contributed by atoms with Crippen molar-refractivity contribution in [1.29, 1.82) is 0 Å². The third-order valence-electron chi connectivity index (χ3n) is 6.57. The molecule has 2 heterocycles. The molecule has 4 aromatic rings. The summed E-state index contributed by atoms with van der Waals surface area (Å²) in [5.41, 5.74) is 6.54. The van der Waals surface area contributed by atoms with Crippen LogP contribution in [0.1, 0.15) is 12.0 Å². The number of nitrogens with zero attached hydrogens (tertiary/aromatic N) is 3. The Morgan fingerprint density at radius 3 is 2.49 bits per heavy atom. The maximum absolute atomic E-state index is 13.1. The van der Waals surface area contributed by atoms with Gasteiger partial charge in [0.15, 0.2) is 0 Å². The molecule has 0 atom stereocenters. The third kappa shape index (κ3) is 7.95. The van der Waals surface area contributed by atoms with Crippen LogP contribution in [0.5, 0.6) is 17.4 Å². The van der Waals surface area contributed by atoms with Crippen molar-refractivity contribution in [1.82, 2.24) is 14.9 Å². The minimum Gasteiger partial charge on any atom is -0.491 e. The molecule has 10 nitrogen and oxygen atoms in total. The molecular weight excluding hydrogens is 589 g/mol. The van der Waals surface area contributed by atoms with Crippen molar-refractivity contribution in [2.24, 2.45) is 0 Å². The fraction of sp³-hybridized carbons (Fsp3) is 0.276. The molecule has 3 aromatic carbocycles. The van der Waals surface area contributed by atoms with Crippen molar-refractivity contribution >= 4 is 45.6 Å². The number of carbonyl (C=O) groups is 1. The number of rotatable bonds is 9. The lowest BCUT2D eigenvalue weighted by molar-refractivity contribution is -0.137. The van der Waals surface area contributed by atoms with E-state index in [0.29, 0.717) is 40.4 Å². The van der Waals surface area contributed by atoms with E-state index >= 15 is 0 Å². The van der Waals surface area contributed by atoms with Crippen LogP contribution in [0.25, 0.3) is 10.9 Å². The lowest BCUT2D eigenvalue weighted by Crippen LogP contribution is -2.37. The number of alkyl halides is 3. The van der Waals surface area contributed by atoms with E-state index in [4.69, 9.17) is 31.5 Å². The Bertz CT molecular complexity index is 1580. The molecule has 1 fully saturated rings. The second-order valence-electron chi connectivity index (χ2n) is 9.64. The average Bonchev–Trinajstić information content (AvgIpc) is 2.98. The van der Waals surface area contributed by atoms with E-state index in [1.807, 2.05) is 0 Å². The monoisotopic (exact) mass is 616 g/mol. The van der Waals surface area contributed by atoms with Crippen molar-refractivity contribution in [2.45, 2.75) is 12.6 Å². The third-order valence-corrected chi connectivity index (χ3v) is 6.90. The molecule has 226 valence electrons. The van der Waals surface area contributed by atoms with Crippen molar-refractivity contribution in [2.75, 3.05) is 55.8 Å². The number of nitrogen functional groups attached to an aromatic ring is 1. The lowest BCUT2D eigenvalue weighted by Gasteiger charge is -2.26. The van der Waals surface area contributed by atoms with E-state index in [2.05, 4.69) is 25.5 Å². The molecule has 0 aliphatic carbocycles. The number of urea groups is 1. The first-order valence-corrected chi connectivity index (χ1v) is 13.7. The van der Waals surface area contributed by atoms with Gasteiger partial charge in [-0.15, -0.1) is 0 Å². The Balaban J connectivity index is 1.18. The molecule has 1 aliphatic heterocycles. The van der Waals surface area contributed by atoms with Crippen LogP contribution in [0.15, 0.2) is 60.9 Å². The fourth-order valence-corrected chi connectivity index (χ4v) is 4.63. The number of anilines is 3. The predicted molar refractivity (Wildman–Crippen MR) is 157 cm³/mol. The van der Waals surface area contributed by atoms with E-state index in [9.17, 15) is 18.0 Å². The van der Waals surface area contributed by atoms with E-state index < -0.39 is 22.8 Å². The van der Waals surface area contributed by atoms with Gasteiger partial charge in [0.1, 0.15) is 17.8 Å². The Kier molecular flexibility index (Phi) is 9.34. The number of fused-ring (bicyclic) bond motifs is 1. The van der Waals surface area contributed by atoms with Gasteiger partial charge in [0.25, 0.3) is 0 Å². The summed E-state index contributed by atoms with van der Waals surface area (Å²) < 4.78 is 56.5. The molecule has 1 aliphatic rings. The molecule has 0 unspecified atom stereocenters. The number of amides is 2. The average molecular weight is 617 g/mol. The predicted octanol–water partition coefficient (Wildman–Crippen LogP) is 6.42. The van der Waals surface area contributed by atoms with Gasteiger partial charge in [0, 0.05) is 37.1 Å². The number of benzene rings is 3. The number of hydrogen-bond donors (Lipinski definition) is 3. The summed E-state index contributed by atoms with van der Waals surface area (Å²) >= 11 is 5.63. The molecule has 0 radical (unpaired) electrons. The van der Waals surface area contributed by atoms with E-state index in [1.165, 1.54) is 12.4 Å². The van der Waals surface area contributed by atoms with Crippen LogP contribution >= 0.6 is 11.6 Å². The van der Waals surface area contributed by atoms with E-state index in [1.54, 1.807) is 36.4 Å². The number of ether oxygens (including phenoxy) is 3. The highest BCUT2D eigenvalue weighted by molar-refractivity contribution is 6.31. The maximum atomic E-state index is 13.1. The first kappa shape index (κ1) is 30.1. The molecule has 1 saturated heterocycles. The topological polar surface area (TPSA) is 124 Å². The minimum atomic E-state index is -4.65. The number of halogens is 4. The normalized spacial score (nSPS) is 14.0. The van der Waals surface area contributed by atoms with Crippen LogP contribution < -0.4 is 25.8 Å². The maximum Gasteiger partial charge on any atom is 0.417 e. The van der Waals surface area contributed by atoms with Crippen LogP contribution in [-0.2, 0) is 10.9 Å². The van der Waals surface area contributed by atoms with Gasteiger partial charge in [0.2, 0.25) is 5.88 Å². The Labute approximate surface area is 249 Å². The molecule has 0 bridgehead atoms. The zero-order valence-corrected chi connectivity index (χ0v) is 23.5. The molecule has 1 aromatic heterocycles. The van der Waals surface area contributed by atoms with Crippen molar-refractivity contribution in [3.63, 3.8) is 0 Å². The number of carbonyl (C=O) groups excluding carboxylic acids is 1. The fourth-order valence-electron chi connectivity index (χ4n) is 4.41. The van der Waals surface area contributed by atoms with Gasteiger partial charge in [-0.1, -0.05) is 11.6 Å². The number of hydrogen-bond acceptors (Lipinski definition) is 8. The first-order valence-electron chi connectivity index (χ1n) is 13.4. The standard InChI is InChI=1S/C29H28ClF3N6O4/c30-23-7-4-19(14-22(23)29(31,32)33)38-28(40)37-18-2-5-20(6-3-18)43-27-21-15-24(34)26(16-25(21)35-17-36-27)42-11-1-8-39-9-12-41-13-10-39/h2-7,14-17H,1,8-13,34H2,(H2,37,38,40). The highest BCUT2D eigenvalue weighted by Crippen LogP contribution is 2.36. The summed E-state index contributed by atoms with van der Waals surface area (Å²) in [7, 11) is 0. The number of aromatic nitrogens is 2. The van der Waals surface area contributed by atoms with Gasteiger partial charge < -0.3 is 30.6 Å². The molecule has 2 amide bonds. The van der Waals surface area contributed by atoms with Crippen LogP contribution in [-0.4, -0.2) is 60.4 Å². The van der Waals surface area contributed by atoms with Gasteiger partial charge in [-0.2, -0.15) is 13.2 Å². The van der Waals surface area contributed by atoms with Crippen LogP contribution in [0.4, 0.5) is 35.0 Å². The second-order valence-corrected chi connectivity index (χ2v) is 10.0. The molecule has 0 spiro atoms. The van der Waals surface area contributed by atoms with Crippen molar-refractivity contribution in [3.8, 4) is 17.4 Å². The highest BCUT2D eigenvalue weighted by atomic mass is 35.5. The molecule has 43 heavy (non-hydrogen) atoms. The summed E-state index contributed by atoms with van der Waals surface area (Å²) in [6.45, 7) is 4.78. The minimum absolute atomic E-state index is 0.0642. The lowest BCUT2D eigenvalue weighted by atomic mass is 10.2. The summed E-state index contributed by atoms with van der Waals surface area (Å²) in [6, 6.07) is 12.1. The Morgan fingerprint density at radius 1 is 1.02 bits per heavy atom. The first-order chi connectivity index (χ1) is 20.7. The summed E-state index contributed by atoms with van der Waals surface area (Å²) in [5, 5.41) is 5.04. The highest BCUT2D eigenvalue weighted by Gasteiger charge is 2.33. The van der Waals surface area contributed by atoms with Crippen molar-refractivity contribution < 1.29 is 32.2 Å². The molecule has 14 heteroatoms. The zero-order valence-electron chi connectivity index (χ0n) is 22.8. The van der Waals surface area contributed by atoms with Gasteiger partial charge in [-0.05, 0) is 55.0 Å². The van der Waals surface area contributed by atoms with Crippen molar-refractivity contribution in [3.05, 3.63) is 71.5 Å². The largest absolute Gasteiger partial charge is 0.491 e.